The molecule has 150 valence electrons. The summed E-state index contributed by atoms with van der Waals surface area (Å²) in [4.78, 5) is 17.3. The number of urea groups is 1. The molecule has 6 heteroatoms. The second-order valence-electron chi connectivity index (χ2n) is 7.60. The van der Waals surface area contributed by atoms with Gasteiger partial charge in [0.15, 0.2) is 0 Å². The minimum atomic E-state index is 0.0452. The molecule has 1 aliphatic carbocycles. The molecule has 1 aromatic carbocycles. The number of amides is 2. The first kappa shape index (κ1) is 20.4. The van der Waals surface area contributed by atoms with Crippen molar-refractivity contribution in [1.29, 1.82) is 0 Å². The third-order valence-corrected chi connectivity index (χ3v) is 5.91. The van der Waals surface area contributed by atoms with Crippen molar-refractivity contribution in [3.8, 4) is 0 Å². The summed E-state index contributed by atoms with van der Waals surface area (Å²) in [5.74, 6) is 0. The molecule has 0 aromatic heterocycles. The van der Waals surface area contributed by atoms with Crippen LogP contribution >= 0.6 is 11.6 Å². The summed E-state index contributed by atoms with van der Waals surface area (Å²) in [5.41, 5.74) is 1.00. The van der Waals surface area contributed by atoms with Crippen LogP contribution in [0.3, 0.4) is 0 Å². The first-order valence-corrected chi connectivity index (χ1v) is 10.7. The molecule has 2 amide bonds. The van der Waals surface area contributed by atoms with E-state index >= 15 is 0 Å². The van der Waals surface area contributed by atoms with Crippen LogP contribution in [-0.2, 0) is 11.3 Å². The van der Waals surface area contributed by atoms with Crippen LogP contribution < -0.4 is 5.32 Å². The summed E-state index contributed by atoms with van der Waals surface area (Å²) < 4.78 is 5.41. The number of benzene rings is 1. The minimum absolute atomic E-state index is 0.0452. The lowest BCUT2D eigenvalue weighted by Crippen LogP contribution is -2.46. The Morgan fingerprint density at radius 2 is 1.93 bits per heavy atom. The molecule has 0 bridgehead atoms. The van der Waals surface area contributed by atoms with Crippen LogP contribution in [0.4, 0.5) is 4.79 Å². The number of nitrogens with zero attached hydrogens (tertiary/aromatic N) is 2. The van der Waals surface area contributed by atoms with Gasteiger partial charge >= 0.3 is 6.03 Å². The predicted octanol–water partition coefficient (Wildman–Crippen LogP) is 3.91. The molecule has 1 aliphatic heterocycles. The Kier molecular flexibility index (Phi) is 8.24. The van der Waals surface area contributed by atoms with Gasteiger partial charge in [-0.1, -0.05) is 49.1 Å². The van der Waals surface area contributed by atoms with Crippen molar-refractivity contribution >= 4 is 17.6 Å². The van der Waals surface area contributed by atoms with Crippen molar-refractivity contribution < 1.29 is 9.53 Å². The Bertz CT molecular complexity index is 587. The molecular formula is C21H32ClN3O2. The monoisotopic (exact) mass is 393 g/mol. The van der Waals surface area contributed by atoms with E-state index in [-0.39, 0.29) is 6.03 Å². The van der Waals surface area contributed by atoms with Gasteiger partial charge in [-0.3, -0.25) is 4.90 Å². The van der Waals surface area contributed by atoms with Crippen molar-refractivity contribution in [3.63, 3.8) is 0 Å². The van der Waals surface area contributed by atoms with Gasteiger partial charge in [0.2, 0.25) is 0 Å². The highest BCUT2D eigenvalue weighted by atomic mass is 35.5. The molecule has 3 rings (SSSR count). The summed E-state index contributed by atoms with van der Waals surface area (Å²) in [6.45, 7) is 5.89. The highest BCUT2D eigenvalue weighted by Crippen LogP contribution is 2.20. The fourth-order valence-electron chi connectivity index (χ4n) is 3.91. The maximum atomic E-state index is 12.9. The van der Waals surface area contributed by atoms with Crippen LogP contribution in [0.5, 0.6) is 0 Å². The Balaban J connectivity index is 1.56. The van der Waals surface area contributed by atoms with Crippen LogP contribution in [0.25, 0.3) is 0 Å². The first-order chi connectivity index (χ1) is 13.2. The molecule has 0 radical (unpaired) electrons. The number of hydrogen-bond donors (Lipinski definition) is 1. The second-order valence-corrected chi connectivity index (χ2v) is 8.01. The SMILES string of the molecule is O=C(NC1CCCCC1)N(CCCN1CCOCC1)Cc1ccccc1Cl. The second kappa shape index (κ2) is 10.9. The summed E-state index contributed by atoms with van der Waals surface area (Å²) >= 11 is 6.34. The average molecular weight is 394 g/mol. The van der Waals surface area contributed by atoms with Gasteiger partial charge in [0.25, 0.3) is 0 Å². The number of carbonyl (C=O) groups excluding carboxylic acids is 1. The van der Waals surface area contributed by atoms with Gasteiger partial charge in [-0.2, -0.15) is 0 Å². The van der Waals surface area contributed by atoms with E-state index in [4.69, 9.17) is 16.3 Å². The Hall–Kier alpha value is -1.30. The van der Waals surface area contributed by atoms with Gasteiger partial charge in [-0.25, -0.2) is 4.79 Å². The molecule has 1 N–H and O–H groups in total. The third-order valence-electron chi connectivity index (χ3n) is 5.55. The fraction of sp³-hybridized carbons (Fsp3) is 0.667. The van der Waals surface area contributed by atoms with Gasteiger partial charge < -0.3 is 15.0 Å². The van der Waals surface area contributed by atoms with Gasteiger partial charge in [-0.15, -0.1) is 0 Å². The number of carbonyl (C=O) groups is 1. The molecule has 1 heterocycles. The summed E-state index contributed by atoms with van der Waals surface area (Å²) in [6, 6.07) is 8.17. The quantitative estimate of drug-likeness (QED) is 0.763. The standard InChI is InChI=1S/C21H32ClN3O2/c22-20-10-5-4-7-18(20)17-25(12-6-11-24-13-15-27-16-14-24)21(26)23-19-8-2-1-3-9-19/h4-5,7,10,19H,1-3,6,8-9,11-17H2,(H,23,26). The lowest BCUT2D eigenvalue weighted by Gasteiger charge is -2.30. The van der Waals surface area contributed by atoms with E-state index in [9.17, 15) is 4.79 Å². The van der Waals surface area contributed by atoms with E-state index in [2.05, 4.69) is 10.2 Å². The molecule has 5 nitrogen and oxygen atoms in total. The largest absolute Gasteiger partial charge is 0.379 e. The molecule has 1 aromatic rings. The van der Waals surface area contributed by atoms with Crippen molar-refractivity contribution in [1.82, 2.24) is 15.1 Å². The van der Waals surface area contributed by atoms with Gasteiger partial charge in [0.05, 0.1) is 13.2 Å². The van der Waals surface area contributed by atoms with E-state index in [1.54, 1.807) is 0 Å². The highest BCUT2D eigenvalue weighted by Gasteiger charge is 2.21. The predicted molar refractivity (Wildman–Crippen MR) is 109 cm³/mol. The number of hydrogen-bond acceptors (Lipinski definition) is 3. The van der Waals surface area contributed by atoms with Crippen molar-refractivity contribution in [2.75, 3.05) is 39.4 Å². The zero-order chi connectivity index (χ0) is 18.9. The molecule has 2 aliphatic rings. The normalized spacial score (nSPS) is 19.0. The van der Waals surface area contributed by atoms with Crippen LogP contribution in [-0.4, -0.2) is 61.3 Å². The molecule has 0 atom stereocenters. The number of morpholine rings is 1. The molecule has 27 heavy (non-hydrogen) atoms. The van der Waals surface area contributed by atoms with Gasteiger partial charge in [-0.05, 0) is 30.9 Å². The molecular weight excluding hydrogens is 362 g/mol. The van der Waals surface area contributed by atoms with E-state index in [0.717, 1.165) is 69.2 Å². The van der Waals surface area contributed by atoms with E-state index in [1.807, 2.05) is 29.2 Å². The van der Waals surface area contributed by atoms with Crippen molar-refractivity contribution in [3.05, 3.63) is 34.9 Å². The molecule has 0 spiro atoms. The Labute approximate surface area is 168 Å². The lowest BCUT2D eigenvalue weighted by atomic mass is 9.96. The average Bonchev–Trinajstić information content (AvgIpc) is 2.70. The maximum absolute atomic E-state index is 12.9. The van der Waals surface area contributed by atoms with Crippen LogP contribution in [0, 0.1) is 0 Å². The molecule has 0 unspecified atom stereocenters. The van der Waals surface area contributed by atoms with Gasteiger partial charge in [0, 0.05) is 43.8 Å². The Morgan fingerprint density at radius 1 is 1.19 bits per heavy atom. The molecule has 1 saturated heterocycles. The summed E-state index contributed by atoms with van der Waals surface area (Å²) in [7, 11) is 0. The topological polar surface area (TPSA) is 44.8 Å². The zero-order valence-electron chi connectivity index (χ0n) is 16.2. The Morgan fingerprint density at radius 3 is 2.67 bits per heavy atom. The van der Waals surface area contributed by atoms with E-state index < -0.39 is 0 Å². The number of nitrogens with one attached hydrogen (secondary N) is 1. The fourth-order valence-corrected chi connectivity index (χ4v) is 4.10. The third kappa shape index (κ3) is 6.66. The smallest absolute Gasteiger partial charge is 0.317 e. The minimum Gasteiger partial charge on any atom is -0.379 e. The van der Waals surface area contributed by atoms with Crippen LogP contribution in [0.1, 0.15) is 44.1 Å². The summed E-state index contributed by atoms with van der Waals surface area (Å²) in [6.07, 6.45) is 6.87. The van der Waals surface area contributed by atoms with Crippen LogP contribution in [0.2, 0.25) is 5.02 Å². The maximum Gasteiger partial charge on any atom is 0.317 e. The lowest BCUT2D eigenvalue weighted by molar-refractivity contribution is 0.0364. The van der Waals surface area contributed by atoms with E-state index in [0.29, 0.717) is 12.6 Å². The van der Waals surface area contributed by atoms with Crippen molar-refractivity contribution in [2.24, 2.45) is 0 Å². The molecule has 2 fully saturated rings. The molecule has 1 saturated carbocycles. The number of ether oxygens (including phenoxy) is 1. The number of halogens is 1. The van der Waals surface area contributed by atoms with E-state index in [1.165, 1.54) is 19.3 Å². The zero-order valence-corrected chi connectivity index (χ0v) is 16.9. The van der Waals surface area contributed by atoms with Crippen LogP contribution in [0.15, 0.2) is 24.3 Å². The van der Waals surface area contributed by atoms with Crippen molar-refractivity contribution in [2.45, 2.75) is 51.1 Å². The first-order valence-electron chi connectivity index (χ1n) is 10.3. The number of rotatable bonds is 7. The van der Waals surface area contributed by atoms with Gasteiger partial charge in [0.1, 0.15) is 0 Å². The highest BCUT2D eigenvalue weighted by molar-refractivity contribution is 6.31. The summed E-state index contributed by atoms with van der Waals surface area (Å²) in [5, 5.41) is 3.98.